The van der Waals surface area contributed by atoms with E-state index in [1.807, 2.05) is 14.0 Å². The minimum Gasteiger partial charge on any atom is -0.271 e. The maximum Gasteiger partial charge on any atom is 0.0739 e. The fraction of sp³-hybridized carbons (Fsp3) is 0.500. The van der Waals surface area contributed by atoms with Crippen molar-refractivity contribution in [3.63, 3.8) is 0 Å². The molecule has 0 aliphatic heterocycles. The second-order valence-corrected chi connectivity index (χ2v) is 3.14. The first kappa shape index (κ1) is 8.70. The summed E-state index contributed by atoms with van der Waals surface area (Å²) in [5.41, 5.74) is 4.63. The molecule has 3 N–H and O–H groups in total. The monoisotopic (exact) mass is 218 g/mol. The quantitative estimate of drug-likeness (QED) is 0.561. The highest BCUT2D eigenvalue weighted by Crippen LogP contribution is 2.19. The molecule has 0 aromatic carbocycles. The zero-order valence-corrected chi connectivity index (χ0v) is 8.14. The van der Waals surface area contributed by atoms with E-state index in [1.165, 1.54) is 0 Å². The zero-order chi connectivity index (χ0) is 8.43. The SMILES string of the molecule is Cc1nn(C)c(CNN)c1Br. The number of halogens is 1. The molecule has 0 saturated heterocycles. The maximum atomic E-state index is 5.20. The number of hydrazine groups is 1. The van der Waals surface area contributed by atoms with Crippen molar-refractivity contribution in [1.29, 1.82) is 0 Å². The smallest absolute Gasteiger partial charge is 0.0739 e. The van der Waals surface area contributed by atoms with Gasteiger partial charge in [-0.15, -0.1) is 0 Å². The molecular formula is C6H11BrN4. The van der Waals surface area contributed by atoms with Crippen LogP contribution in [0.2, 0.25) is 0 Å². The summed E-state index contributed by atoms with van der Waals surface area (Å²) < 4.78 is 2.83. The molecule has 0 aliphatic rings. The first-order chi connectivity index (χ1) is 5.16. The molecule has 0 bridgehead atoms. The van der Waals surface area contributed by atoms with Crippen LogP contribution in [0.4, 0.5) is 0 Å². The normalized spacial score (nSPS) is 10.5. The van der Waals surface area contributed by atoms with Gasteiger partial charge in [0.05, 0.1) is 22.4 Å². The van der Waals surface area contributed by atoms with E-state index in [-0.39, 0.29) is 0 Å². The van der Waals surface area contributed by atoms with E-state index in [1.54, 1.807) is 4.68 Å². The van der Waals surface area contributed by atoms with Crippen LogP contribution < -0.4 is 11.3 Å². The van der Waals surface area contributed by atoms with Crippen molar-refractivity contribution >= 4 is 15.9 Å². The van der Waals surface area contributed by atoms with E-state index in [4.69, 9.17) is 5.84 Å². The average molecular weight is 219 g/mol. The van der Waals surface area contributed by atoms with Crippen LogP contribution in [0.5, 0.6) is 0 Å². The van der Waals surface area contributed by atoms with Crippen molar-refractivity contribution in [1.82, 2.24) is 15.2 Å². The van der Waals surface area contributed by atoms with Gasteiger partial charge in [0.15, 0.2) is 0 Å². The molecule has 0 amide bonds. The Hall–Kier alpha value is -0.390. The molecule has 1 heterocycles. The third-order valence-electron chi connectivity index (χ3n) is 1.53. The summed E-state index contributed by atoms with van der Waals surface area (Å²) in [5, 5.41) is 4.20. The molecule has 0 spiro atoms. The Morgan fingerprint density at radius 1 is 1.73 bits per heavy atom. The van der Waals surface area contributed by atoms with Crippen LogP contribution in [0.3, 0.4) is 0 Å². The molecule has 0 radical (unpaired) electrons. The molecule has 1 aromatic heterocycles. The lowest BCUT2D eigenvalue weighted by Crippen LogP contribution is -2.22. The summed E-state index contributed by atoms with van der Waals surface area (Å²) in [6, 6.07) is 0. The van der Waals surface area contributed by atoms with Gasteiger partial charge in [-0.3, -0.25) is 16.0 Å². The molecular weight excluding hydrogens is 208 g/mol. The highest BCUT2D eigenvalue weighted by Gasteiger charge is 2.08. The number of nitrogens with zero attached hydrogens (tertiary/aromatic N) is 2. The highest BCUT2D eigenvalue weighted by molar-refractivity contribution is 9.10. The van der Waals surface area contributed by atoms with E-state index in [2.05, 4.69) is 26.5 Å². The van der Waals surface area contributed by atoms with Gasteiger partial charge in [-0.25, -0.2) is 0 Å². The van der Waals surface area contributed by atoms with Crippen molar-refractivity contribution in [2.45, 2.75) is 13.5 Å². The predicted molar refractivity (Wildman–Crippen MR) is 46.7 cm³/mol. The highest BCUT2D eigenvalue weighted by atomic mass is 79.9. The summed E-state index contributed by atoms with van der Waals surface area (Å²) in [6.45, 7) is 2.57. The van der Waals surface area contributed by atoms with Gasteiger partial charge in [-0.1, -0.05) is 0 Å². The number of aromatic nitrogens is 2. The number of rotatable bonds is 2. The van der Waals surface area contributed by atoms with Gasteiger partial charge >= 0.3 is 0 Å². The van der Waals surface area contributed by atoms with Gasteiger partial charge in [0.2, 0.25) is 0 Å². The Morgan fingerprint density at radius 2 is 2.36 bits per heavy atom. The molecule has 11 heavy (non-hydrogen) atoms. The zero-order valence-electron chi connectivity index (χ0n) is 6.56. The second-order valence-electron chi connectivity index (χ2n) is 2.35. The van der Waals surface area contributed by atoms with Gasteiger partial charge in [0.25, 0.3) is 0 Å². The summed E-state index contributed by atoms with van der Waals surface area (Å²) in [5.74, 6) is 5.20. The van der Waals surface area contributed by atoms with Crippen molar-refractivity contribution in [2.24, 2.45) is 12.9 Å². The fourth-order valence-electron chi connectivity index (χ4n) is 0.969. The van der Waals surface area contributed by atoms with E-state index in [0.717, 1.165) is 15.9 Å². The van der Waals surface area contributed by atoms with Crippen molar-refractivity contribution in [3.05, 3.63) is 15.9 Å². The van der Waals surface area contributed by atoms with E-state index in [9.17, 15) is 0 Å². The van der Waals surface area contributed by atoms with E-state index in [0.29, 0.717) is 6.54 Å². The Balaban J connectivity index is 3.02. The van der Waals surface area contributed by atoms with Crippen LogP contribution in [0, 0.1) is 6.92 Å². The van der Waals surface area contributed by atoms with Gasteiger partial charge in [0.1, 0.15) is 0 Å². The van der Waals surface area contributed by atoms with Gasteiger partial charge in [-0.2, -0.15) is 5.10 Å². The molecule has 1 aromatic rings. The molecule has 0 atom stereocenters. The van der Waals surface area contributed by atoms with Crippen LogP contribution in [-0.4, -0.2) is 9.78 Å². The summed E-state index contributed by atoms with van der Waals surface area (Å²) in [7, 11) is 1.89. The molecule has 0 aliphatic carbocycles. The van der Waals surface area contributed by atoms with E-state index >= 15 is 0 Å². The van der Waals surface area contributed by atoms with Gasteiger partial charge in [-0.05, 0) is 22.9 Å². The minimum atomic E-state index is 0.623. The van der Waals surface area contributed by atoms with Crippen LogP contribution >= 0.6 is 15.9 Å². The third kappa shape index (κ3) is 1.61. The lowest BCUT2D eigenvalue weighted by Gasteiger charge is -1.99. The van der Waals surface area contributed by atoms with Crippen molar-refractivity contribution in [2.75, 3.05) is 0 Å². The Kier molecular flexibility index (Phi) is 2.64. The summed E-state index contributed by atoms with van der Waals surface area (Å²) in [6.07, 6.45) is 0. The Labute approximate surface area is 73.9 Å². The van der Waals surface area contributed by atoms with Crippen LogP contribution in [0.25, 0.3) is 0 Å². The third-order valence-corrected chi connectivity index (χ3v) is 2.56. The standard InChI is InChI=1S/C6H11BrN4/c1-4-6(7)5(3-9-8)11(2)10-4/h9H,3,8H2,1-2H3. The Morgan fingerprint density at radius 3 is 2.73 bits per heavy atom. The number of hydrogen-bond donors (Lipinski definition) is 2. The molecule has 4 nitrogen and oxygen atoms in total. The molecule has 0 saturated carbocycles. The molecule has 1 rings (SSSR count). The number of nitrogens with one attached hydrogen (secondary N) is 1. The topological polar surface area (TPSA) is 55.9 Å². The van der Waals surface area contributed by atoms with Crippen LogP contribution in [0.1, 0.15) is 11.4 Å². The number of aryl methyl sites for hydroxylation is 2. The van der Waals surface area contributed by atoms with Crippen LogP contribution in [0.15, 0.2) is 4.47 Å². The summed E-state index contributed by atoms with van der Waals surface area (Å²) in [4.78, 5) is 0. The molecule has 0 unspecified atom stereocenters. The predicted octanol–water partition coefficient (Wildman–Crippen LogP) is 0.454. The largest absolute Gasteiger partial charge is 0.271 e. The molecule has 5 heteroatoms. The number of hydrogen-bond acceptors (Lipinski definition) is 3. The average Bonchev–Trinajstić information content (AvgIpc) is 2.17. The van der Waals surface area contributed by atoms with Gasteiger partial charge in [0, 0.05) is 7.05 Å². The Bertz CT molecular complexity index is 255. The van der Waals surface area contributed by atoms with Crippen LogP contribution in [-0.2, 0) is 13.6 Å². The second kappa shape index (κ2) is 3.34. The lowest BCUT2D eigenvalue weighted by molar-refractivity contribution is 0.643. The number of nitrogens with two attached hydrogens (primary N) is 1. The fourth-order valence-corrected chi connectivity index (χ4v) is 1.44. The first-order valence-electron chi connectivity index (χ1n) is 3.28. The molecule has 0 fully saturated rings. The maximum absolute atomic E-state index is 5.20. The summed E-state index contributed by atoms with van der Waals surface area (Å²) >= 11 is 3.42. The van der Waals surface area contributed by atoms with Gasteiger partial charge < -0.3 is 0 Å². The van der Waals surface area contributed by atoms with Crippen molar-refractivity contribution < 1.29 is 0 Å². The minimum absolute atomic E-state index is 0.623. The van der Waals surface area contributed by atoms with Crippen molar-refractivity contribution in [3.8, 4) is 0 Å². The first-order valence-corrected chi connectivity index (χ1v) is 4.07. The molecule has 62 valence electrons. The van der Waals surface area contributed by atoms with E-state index < -0.39 is 0 Å². The lowest BCUT2D eigenvalue weighted by atomic mass is 10.4.